The summed E-state index contributed by atoms with van der Waals surface area (Å²) in [4.78, 5) is 0. The highest BCUT2D eigenvalue weighted by molar-refractivity contribution is 6.17. The third-order valence-corrected chi connectivity index (χ3v) is 10.5. The normalized spacial score (nSPS) is 17.2. The Labute approximate surface area is 280 Å². The lowest BCUT2D eigenvalue weighted by Crippen LogP contribution is -2.28. The van der Waals surface area contributed by atoms with Crippen LogP contribution in [-0.2, 0) is 5.41 Å². The van der Waals surface area contributed by atoms with E-state index >= 15 is 0 Å². The van der Waals surface area contributed by atoms with Gasteiger partial charge in [-0.15, -0.1) is 5.69 Å². The lowest BCUT2D eigenvalue weighted by Gasteiger charge is -2.48. The molecular weight excluding hydrogens is 583 g/mol. The third kappa shape index (κ3) is 3.70. The molecule has 1 aromatic heterocycles. The van der Waals surface area contributed by atoms with E-state index in [1.807, 2.05) is 0 Å². The molecule has 10 rings (SSSR count). The lowest BCUT2D eigenvalue weighted by atomic mass is 9.67. The number of nitrogens with zero attached hydrogens (tertiary/aromatic N) is 2. The van der Waals surface area contributed by atoms with Gasteiger partial charge < -0.3 is 15.2 Å². The molecule has 0 saturated carbocycles. The van der Waals surface area contributed by atoms with Crippen molar-refractivity contribution in [3.8, 4) is 11.1 Å². The average Bonchev–Trinajstić information content (AvgIpc) is 3.66. The number of rotatable bonds is 4. The Morgan fingerprint density at radius 1 is 0.521 bits per heavy atom. The summed E-state index contributed by atoms with van der Waals surface area (Å²) in [7, 11) is 0. The molecule has 1 aliphatic heterocycles. The highest BCUT2D eigenvalue weighted by Gasteiger charge is 2.47. The fourth-order valence-corrected chi connectivity index (χ4v) is 8.60. The zero-order valence-electron chi connectivity index (χ0n) is 26.3. The van der Waals surface area contributed by atoms with Crippen molar-refractivity contribution in [3.63, 3.8) is 0 Å². The second-order valence-corrected chi connectivity index (χ2v) is 12.9. The van der Waals surface area contributed by atoms with Crippen molar-refractivity contribution in [2.45, 2.75) is 17.6 Å². The van der Waals surface area contributed by atoms with Gasteiger partial charge in [-0.2, -0.15) is 0 Å². The Balaban J connectivity index is 1.31. The second kappa shape index (κ2) is 10.5. The van der Waals surface area contributed by atoms with Crippen molar-refractivity contribution in [1.29, 1.82) is 0 Å². The summed E-state index contributed by atoms with van der Waals surface area (Å²) >= 11 is 0. The van der Waals surface area contributed by atoms with Gasteiger partial charge in [0.05, 0.1) is 11.5 Å². The summed E-state index contributed by atoms with van der Waals surface area (Å²) in [6.45, 7) is 0. The molecule has 8 aromatic rings. The van der Waals surface area contributed by atoms with E-state index in [9.17, 15) is 0 Å². The van der Waals surface area contributed by atoms with Crippen LogP contribution in [0.2, 0.25) is 0 Å². The largest absolute Gasteiger partial charge is 0.661 e. The zero-order valence-corrected chi connectivity index (χ0v) is 26.3. The van der Waals surface area contributed by atoms with E-state index in [1.54, 1.807) is 0 Å². The van der Waals surface area contributed by atoms with Gasteiger partial charge in [-0.05, 0) is 63.3 Å². The Morgan fingerprint density at radius 3 is 1.92 bits per heavy atom. The number of nitrogens with one attached hydrogen (secondary N) is 1. The molecule has 7 aromatic carbocycles. The maximum atomic E-state index is 5.51. The number of para-hydroxylation sites is 3. The molecule has 48 heavy (non-hydrogen) atoms. The third-order valence-electron chi connectivity index (χ3n) is 10.5. The van der Waals surface area contributed by atoms with Gasteiger partial charge in [0, 0.05) is 27.5 Å². The van der Waals surface area contributed by atoms with Crippen LogP contribution in [-0.4, -0.2) is 4.57 Å². The molecule has 2 atom stereocenters. The van der Waals surface area contributed by atoms with E-state index < -0.39 is 5.41 Å². The Morgan fingerprint density at radius 2 is 1.15 bits per heavy atom. The van der Waals surface area contributed by atoms with E-state index in [4.69, 9.17) is 5.32 Å². The highest BCUT2D eigenvalue weighted by Crippen LogP contribution is 2.59. The number of aromatic nitrogens is 1. The first-order chi connectivity index (χ1) is 23.8. The van der Waals surface area contributed by atoms with E-state index in [2.05, 4.69) is 186 Å². The minimum Gasteiger partial charge on any atom is -0.661 e. The van der Waals surface area contributed by atoms with Crippen LogP contribution in [0.3, 0.4) is 0 Å². The van der Waals surface area contributed by atoms with Crippen LogP contribution < -0.4 is 5.32 Å². The van der Waals surface area contributed by atoms with Crippen LogP contribution in [0.5, 0.6) is 0 Å². The van der Waals surface area contributed by atoms with Crippen LogP contribution in [0.4, 0.5) is 11.4 Å². The fourth-order valence-electron chi connectivity index (χ4n) is 8.60. The van der Waals surface area contributed by atoms with Crippen molar-refractivity contribution in [2.75, 3.05) is 5.32 Å². The highest BCUT2D eigenvalue weighted by atomic mass is 15.3. The molecule has 0 saturated heterocycles. The van der Waals surface area contributed by atoms with Gasteiger partial charge >= 0.3 is 0 Å². The molecule has 0 spiro atoms. The minimum absolute atomic E-state index is 0.0478. The zero-order chi connectivity index (χ0) is 31.7. The van der Waals surface area contributed by atoms with Crippen molar-refractivity contribution in [3.05, 3.63) is 209 Å². The Hall–Kier alpha value is -6.06. The molecule has 3 nitrogen and oxygen atoms in total. The van der Waals surface area contributed by atoms with Crippen molar-refractivity contribution < 1.29 is 0 Å². The summed E-state index contributed by atoms with van der Waals surface area (Å²) in [6.07, 6.45) is -0.201. The van der Waals surface area contributed by atoms with E-state index in [-0.39, 0.29) is 12.2 Å². The molecular formula is C45H32N3-. The number of anilines is 1. The SMILES string of the molecule is c1ccc(C2Nc3ccccc3[N-]C2n2c3ccccc3c3c4c(ccc32)C(c2ccccc2)(c2ccccc2)c2ccccc2-4)cc1. The fraction of sp³-hybridized carbons (Fsp3) is 0.0667. The summed E-state index contributed by atoms with van der Waals surface area (Å²) in [5, 5.41) is 11.9. The van der Waals surface area contributed by atoms with Crippen molar-refractivity contribution in [2.24, 2.45) is 0 Å². The molecule has 0 amide bonds. The standard InChI is InChI=1S/C45H32N3/c1-4-16-30(17-5-1)43-44(47-38-26-14-13-25-37(38)46-43)48-39-27-15-11-23-34(39)42-40(48)29-28-36-41(42)33-22-10-12-24-35(33)45(36,31-18-6-2-7-19-31)32-20-8-3-9-21-32/h1-29,43-44,46H/q-1. The minimum atomic E-state index is -0.450. The smallest absolute Gasteiger partial charge is 0.0713 e. The molecule has 2 heterocycles. The van der Waals surface area contributed by atoms with Gasteiger partial charge in [0.25, 0.3) is 0 Å². The molecule has 2 unspecified atom stereocenters. The van der Waals surface area contributed by atoms with Gasteiger partial charge in [0.2, 0.25) is 0 Å². The molecule has 0 bridgehead atoms. The van der Waals surface area contributed by atoms with Crippen LogP contribution in [0.25, 0.3) is 38.2 Å². The molecule has 3 heteroatoms. The van der Waals surface area contributed by atoms with Crippen LogP contribution >= 0.6 is 0 Å². The van der Waals surface area contributed by atoms with Crippen LogP contribution in [0.1, 0.15) is 40.0 Å². The lowest BCUT2D eigenvalue weighted by molar-refractivity contribution is 0.530. The van der Waals surface area contributed by atoms with Crippen molar-refractivity contribution in [1.82, 2.24) is 4.57 Å². The van der Waals surface area contributed by atoms with E-state index in [0.29, 0.717) is 0 Å². The predicted molar refractivity (Wildman–Crippen MR) is 198 cm³/mol. The molecule has 1 aliphatic carbocycles. The molecule has 228 valence electrons. The van der Waals surface area contributed by atoms with Crippen LogP contribution in [0, 0.1) is 0 Å². The first kappa shape index (κ1) is 27.1. The Kier molecular flexibility index (Phi) is 5.91. The van der Waals surface area contributed by atoms with Gasteiger partial charge in [-0.3, -0.25) is 0 Å². The first-order valence-corrected chi connectivity index (χ1v) is 16.7. The summed E-state index contributed by atoms with van der Waals surface area (Å²) < 4.78 is 2.49. The van der Waals surface area contributed by atoms with Gasteiger partial charge in [-0.25, -0.2) is 0 Å². The molecule has 2 aliphatic rings. The predicted octanol–water partition coefficient (Wildman–Crippen LogP) is 11.5. The average molecular weight is 615 g/mol. The molecule has 1 N–H and O–H groups in total. The van der Waals surface area contributed by atoms with Gasteiger partial charge in [0.1, 0.15) is 0 Å². The quantitative estimate of drug-likeness (QED) is 0.210. The van der Waals surface area contributed by atoms with Crippen LogP contribution in [0.15, 0.2) is 176 Å². The maximum Gasteiger partial charge on any atom is 0.0713 e. The maximum absolute atomic E-state index is 5.51. The van der Waals surface area contributed by atoms with Gasteiger partial charge in [-0.1, -0.05) is 158 Å². The molecule has 0 radical (unpaired) electrons. The van der Waals surface area contributed by atoms with E-state index in [0.717, 1.165) is 11.4 Å². The van der Waals surface area contributed by atoms with Gasteiger partial charge in [0.15, 0.2) is 0 Å². The monoisotopic (exact) mass is 614 g/mol. The first-order valence-electron chi connectivity index (χ1n) is 16.7. The number of hydrogen-bond acceptors (Lipinski definition) is 1. The summed E-state index contributed by atoms with van der Waals surface area (Å²) in [5.41, 5.74) is 13.0. The number of benzene rings is 7. The second-order valence-electron chi connectivity index (χ2n) is 12.9. The number of hydrogen-bond donors (Lipinski definition) is 1. The summed E-state index contributed by atoms with van der Waals surface area (Å²) in [5.74, 6) is 0. The number of fused-ring (bicyclic) bond motifs is 8. The Bertz CT molecular complexity index is 2420. The topological polar surface area (TPSA) is 31.1 Å². The molecule has 0 fully saturated rings. The summed E-state index contributed by atoms with van der Waals surface area (Å²) in [6, 6.07) is 63.9. The van der Waals surface area contributed by atoms with Crippen molar-refractivity contribution >= 4 is 33.2 Å². The van der Waals surface area contributed by atoms with E-state index in [1.165, 1.54) is 60.8 Å².